The standard InChI is InChI=1S/C14H15BrN2/c1-10-5-11(2)7-12(6-10)8-16-13-3-4-14(15)17-9-13/h3-7,9,16H,8H2,1-2H3. The van der Waals surface area contributed by atoms with Crippen LogP contribution < -0.4 is 5.32 Å². The van der Waals surface area contributed by atoms with Crippen LogP contribution in [0.5, 0.6) is 0 Å². The summed E-state index contributed by atoms with van der Waals surface area (Å²) in [6.07, 6.45) is 1.83. The molecule has 2 rings (SSSR count). The second-order valence-corrected chi connectivity index (χ2v) is 5.03. The summed E-state index contributed by atoms with van der Waals surface area (Å²) in [5, 5.41) is 3.36. The summed E-state index contributed by atoms with van der Waals surface area (Å²) in [5.74, 6) is 0. The summed E-state index contributed by atoms with van der Waals surface area (Å²) >= 11 is 3.32. The van der Waals surface area contributed by atoms with Gasteiger partial charge in [0, 0.05) is 6.54 Å². The molecule has 0 aliphatic carbocycles. The van der Waals surface area contributed by atoms with Crippen molar-refractivity contribution >= 4 is 21.6 Å². The van der Waals surface area contributed by atoms with Crippen LogP contribution in [0.15, 0.2) is 41.1 Å². The first-order valence-corrected chi connectivity index (χ1v) is 6.35. The van der Waals surface area contributed by atoms with E-state index in [1.165, 1.54) is 16.7 Å². The number of nitrogens with one attached hydrogen (secondary N) is 1. The van der Waals surface area contributed by atoms with Crippen LogP contribution in [0.2, 0.25) is 0 Å². The van der Waals surface area contributed by atoms with Gasteiger partial charge in [0.25, 0.3) is 0 Å². The molecule has 88 valence electrons. The Bertz CT molecular complexity index is 486. The molecule has 17 heavy (non-hydrogen) atoms. The number of hydrogen-bond acceptors (Lipinski definition) is 2. The quantitative estimate of drug-likeness (QED) is 0.862. The number of anilines is 1. The molecule has 0 saturated heterocycles. The van der Waals surface area contributed by atoms with Crippen molar-refractivity contribution in [1.29, 1.82) is 0 Å². The lowest BCUT2D eigenvalue weighted by molar-refractivity contribution is 1.12. The molecular weight excluding hydrogens is 276 g/mol. The zero-order valence-corrected chi connectivity index (χ0v) is 11.6. The number of nitrogens with zero attached hydrogens (tertiary/aromatic N) is 1. The Labute approximate surface area is 110 Å². The first kappa shape index (κ1) is 12.1. The lowest BCUT2D eigenvalue weighted by atomic mass is 10.1. The minimum atomic E-state index is 0.825. The minimum Gasteiger partial charge on any atom is -0.380 e. The second kappa shape index (κ2) is 5.32. The van der Waals surface area contributed by atoms with Gasteiger partial charge >= 0.3 is 0 Å². The lowest BCUT2D eigenvalue weighted by Crippen LogP contribution is -2.00. The maximum atomic E-state index is 4.18. The van der Waals surface area contributed by atoms with Crippen LogP contribution in [0.1, 0.15) is 16.7 Å². The van der Waals surface area contributed by atoms with E-state index in [2.05, 4.69) is 58.3 Å². The molecule has 0 atom stereocenters. The van der Waals surface area contributed by atoms with Crippen LogP contribution >= 0.6 is 15.9 Å². The molecule has 1 aromatic carbocycles. The third-order valence-corrected chi connectivity index (χ3v) is 2.97. The van der Waals surface area contributed by atoms with E-state index in [1.54, 1.807) is 0 Å². The summed E-state index contributed by atoms with van der Waals surface area (Å²) in [6.45, 7) is 5.07. The summed E-state index contributed by atoms with van der Waals surface area (Å²) in [6, 6.07) is 10.5. The zero-order chi connectivity index (χ0) is 12.3. The molecule has 0 aliphatic rings. The minimum absolute atomic E-state index is 0.825. The Kier molecular flexibility index (Phi) is 3.79. The SMILES string of the molecule is Cc1cc(C)cc(CNc2ccc(Br)nc2)c1. The van der Waals surface area contributed by atoms with E-state index < -0.39 is 0 Å². The van der Waals surface area contributed by atoms with Gasteiger partial charge in [0.2, 0.25) is 0 Å². The monoisotopic (exact) mass is 290 g/mol. The summed E-state index contributed by atoms with van der Waals surface area (Å²) in [4.78, 5) is 4.18. The number of pyridine rings is 1. The number of aryl methyl sites for hydroxylation is 2. The first-order valence-electron chi connectivity index (χ1n) is 5.56. The lowest BCUT2D eigenvalue weighted by Gasteiger charge is -2.08. The Hall–Kier alpha value is -1.35. The van der Waals surface area contributed by atoms with E-state index in [4.69, 9.17) is 0 Å². The van der Waals surface area contributed by atoms with Crippen molar-refractivity contribution in [2.24, 2.45) is 0 Å². The summed E-state index contributed by atoms with van der Waals surface area (Å²) in [7, 11) is 0. The number of halogens is 1. The molecule has 0 unspecified atom stereocenters. The molecule has 1 aromatic heterocycles. The Morgan fingerprint density at radius 1 is 1.12 bits per heavy atom. The predicted octanol–water partition coefficient (Wildman–Crippen LogP) is 4.07. The Balaban J connectivity index is 2.04. The van der Waals surface area contributed by atoms with E-state index in [-0.39, 0.29) is 0 Å². The molecule has 1 N–H and O–H groups in total. The third kappa shape index (κ3) is 3.56. The van der Waals surface area contributed by atoms with Crippen molar-refractivity contribution in [3.05, 3.63) is 57.8 Å². The maximum Gasteiger partial charge on any atom is 0.106 e. The third-order valence-electron chi connectivity index (χ3n) is 2.51. The molecule has 2 nitrogen and oxygen atoms in total. The maximum absolute atomic E-state index is 4.18. The first-order chi connectivity index (χ1) is 8.13. The summed E-state index contributed by atoms with van der Waals surface area (Å²) in [5.41, 5.74) is 4.93. The van der Waals surface area contributed by atoms with Gasteiger partial charge in [0.1, 0.15) is 4.60 Å². The largest absolute Gasteiger partial charge is 0.380 e. The molecule has 0 saturated carbocycles. The van der Waals surface area contributed by atoms with Gasteiger partial charge in [-0.05, 0) is 47.5 Å². The van der Waals surface area contributed by atoms with Crippen LogP contribution in [-0.4, -0.2) is 4.98 Å². The van der Waals surface area contributed by atoms with Crippen molar-refractivity contribution < 1.29 is 0 Å². The van der Waals surface area contributed by atoms with E-state index in [9.17, 15) is 0 Å². The van der Waals surface area contributed by atoms with Gasteiger partial charge in [0.05, 0.1) is 11.9 Å². The van der Waals surface area contributed by atoms with Crippen LogP contribution in [0.4, 0.5) is 5.69 Å². The Morgan fingerprint density at radius 3 is 2.41 bits per heavy atom. The van der Waals surface area contributed by atoms with Crippen molar-refractivity contribution in [1.82, 2.24) is 4.98 Å². The van der Waals surface area contributed by atoms with Gasteiger partial charge in [0.15, 0.2) is 0 Å². The highest BCUT2D eigenvalue weighted by molar-refractivity contribution is 9.10. The van der Waals surface area contributed by atoms with Gasteiger partial charge in [-0.2, -0.15) is 0 Å². The van der Waals surface area contributed by atoms with Crippen LogP contribution in [0.3, 0.4) is 0 Å². The van der Waals surface area contributed by atoms with Crippen LogP contribution in [0, 0.1) is 13.8 Å². The van der Waals surface area contributed by atoms with Gasteiger partial charge < -0.3 is 5.32 Å². The zero-order valence-electron chi connectivity index (χ0n) is 10.00. The number of hydrogen-bond donors (Lipinski definition) is 1. The molecule has 0 spiro atoms. The van der Waals surface area contributed by atoms with Gasteiger partial charge in [-0.1, -0.05) is 29.3 Å². The van der Waals surface area contributed by atoms with Crippen molar-refractivity contribution in [2.45, 2.75) is 20.4 Å². The Morgan fingerprint density at radius 2 is 1.82 bits per heavy atom. The number of rotatable bonds is 3. The molecule has 0 amide bonds. The molecule has 0 fully saturated rings. The normalized spacial score (nSPS) is 10.3. The van der Waals surface area contributed by atoms with Crippen molar-refractivity contribution in [3.63, 3.8) is 0 Å². The highest BCUT2D eigenvalue weighted by atomic mass is 79.9. The average Bonchev–Trinajstić information content (AvgIpc) is 2.27. The van der Waals surface area contributed by atoms with Crippen LogP contribution in [-0.2, 0) is 6.54 Å². The average molecular weight is 291 g/mol. The van der Waals surface area contributed by atoms with Crippen molar-refractivity contribution in [2.75, 3.05) is 5.32 Å². The highest BCUT2D eigenvalue weighted by Crippen LogP contribution is 2.13. The fourth-order valence-corrected chi connectivity index (χ4v) is 2.09. The highest BCUT2D eigenvalue weighted by Gasteiger charge is 1.97. The molecule has 3 heteroatoms. The van der Waals surface area contributed by atoms with E-state index >= 15 is 0 Å². The van der Waals surface area contributed by atoms with Gasteiger partial charge in [-0.3, -0.25) is 0 Å². The number of benzene rings is 1. The van der Waals surface area contributed by atoms with Gasteiger partial charge in [-0.25, -0.2) is 4.98 Å². The number of aromatic nitrogens is 1. The fraction of sp³-hybridized carbons (Fsp3) is 0.214. The van der Waals surface area contributed by atoms with E-state index in [0.29, 0.717) is 0 Å². The van der Waals surface area contributed by atoms with E-state index in [0.717, 1.165) is 16.8 Å². The van der Waals surface area contributed by atoms with Crippen LogP contribution in [0.25, 0.3) is 0 Å². The smallest absolute Gasteiger partial charge is 0.106 e. The molecule has 1 heterocycles. The molecule has 0 radical (unpaired) electrons. The van der Waals surface area contributed by atoms with E-state index in [1.807, 2.05) is 18.3 Å². The molecular formula is C14H15BrN2. The topological polar surface area (TPSA) is 24.9 Å². The second-order valence-electron chi connectivity index (χ2n) is 4.22. The fourth-order valence-electron chi connectivity index (χ4n) is 1.86. The molecule has 0 aliphatic heterocycles. The predicted molar refractivity (Wildman–Crippen MR) is 75.2 cm³/mol. The van der Waals surface area contributed by atoms with Crippen molar-refractivity contribution in [3.8, 4) is 0 Å². The molecule has 0 bridgehead atoms. The summed E-state index contributed by atoms with van der Waals surface area (Å²) < 4.78 is 0.856. The van der Waals surface area contributed by atoms with Gasteiger partial charge in [-0.15, -0.1) is 0 Å². The molecule has 2 aromatic rings.